The number of aliphatic hydroxyl groups excluding tert-OH is 5. The first-order valence-corrected chi connectivity index (χ1v) is 13.6. The number of hydrogen-bond donors (Lipinski definition) is 5. The molecule has 2 aliphatic carbocycles. The molecule has 3 fully saturated rings. The Hall–Kier alpha value is -1.88. The second-order valence-corrected chi connectivity index (χ2v) is 10.8. The number of aliphatic hydroxyl groups is 5. The lowest BCUT2D eigenvalue weighted by atomic mass is 9.81. The smallest absolute Gasteiger partial charge is 0.187 e. The molecule has 0 aromatic heterocycles. The van der Waals surface area contributed by atoms with Gasteiger partial charge in [-0.05, 0) is 35.5 Å². The van der Waals surface area contributed by atoms with Crippen molar-refractivity contribution >= 4 is 0 Å². The zero-order valence-corrected chi connectivity index (χ0v) is 23.4. The SMILES string of the molecule is COC1=CC([C@H]2OC[C@H]3[C@@H]2CO[C@@H]3C2=C[C@@H](OC)[C@H](O[C@@H]3O[C@H](CO)[C@@H](O)[C@H](O)[C@H]3O)C(OC)=C2)=C[C@@H](OC)[C@@H]1O. The Labute approximate surface area is 238 Å². The van der Waals surface area contributed by atoms with Gasteiger partial charge in [-0.3, -0.25) is 0 Å². The number of methoxy groups -OCH3 is 4. The van der Waals surface area contributed by atoms with E-state index in [-0.39, 0.29) is 24.0 Å². The molecule has 3 saturated heterocycles. The molecular formula is C28H40O13. The molecule has 0 saturated carbocycles. The van der Waals surface area contributed by atoms with Crippen LogP contribution in [0.2, 0.25) is 0 Å². The summed E-state index contributed by atoms with van der Waals surface area (Å²) in [6, 6.07) is 0. The first kappa shape index (κ1) is 30.6. The van der Waals surface area contributed by atoms with Gasteiger partial charge in [0.2, 0.25) is 0 Å². The van der Waals surface area contributed by atoms with Gasteiger partial charge >= 0.3 is 0 Å². The molecule has 3 heterocycles. The van der Waals surface area contributed by atoms with Crippen LogP contribution in [0.25, 0.3) is 0 Å². The first-order chi connectivity index (χ1) is 19.8. The summed E-state index contributed by atoms with van der Waals surface area (Å²) in [4.78, 5) is 0. The van der Waals surface area contributed by atoms with E-state index in [4.69, 9.17) is 37.9 Å². The number of hydrogen-bond acceptors (Lipinski definition) is 13. The van der Waals surface area contributed by atoms with Gasteiger partial charge in [-0.1, -0.05) is 0 Å². The van der Waals surface area contributed by atoms with E-state index in [1.165, 1.54) is 28.4 Å². The molecule has 0 spiro atoms. The highest BCUT2D eigenvalue weighted by Gasteiger charge is 2.51. The molecule has 5 aliphatic rings. The van der Waals surface area contributed by atoms with E-state index in [0.717, 1.165) is 11.1 Å². The Balaban J connectivity index is 1.32. The number of fused-ring (bicyclic) bond motifs is 1. The van der Waals surface area contributed by atoms with Gasteiger partial charge in [0.25, 0.3) is 0 Å². The molecule has 13 heteroatoms. The second kappa shape index (κ2) is 12.8. The van der Waals surface area contributed by atoms with Crippen LogP contribution in [0.3, 0.4) is 0 Å². The van der Waals surface area contributed by atoms with Crippen LogP contribution in [-0.2, 0) is 37.9 Å². The molecule has 3 aliphatic heterocycles. The standard InChI is InChI=1S/C28H40O13/c1-34-16-5-12(6-17(35-2)21(16)30)25-14-10-39-26(15(14)11-38-25)13-7-18(36-3)27(19(8-13)37-4)41-28-24(33)23(32)22(31)20(9-29)40-28/h5-8,14-16,18,20-33H,9-11H2,1-4H3/t14-,15-,16+,18+,20+,21-,22+,23-,24+,25+,26+,27-,28-/m0/s1. The molecule has 0 bridgehead atoms. The molecule has 5 N–H and O–H groups in total. The van der Waals surface area contributed by atoms with Crippen molar-refractivity contribution in [3.05, 3.63) is 47.0 Å². The molecule has 0 aromatic carbocycles. The van der Waals surface area contributed by atoms with Crippen LogP contribution in [0, 0.1) is 11.8 Å². The largest absolute Gasteiger partial charge is 0.498 e. The van der Waals surface area contributed by atoms with E-state index in [1.807, 2.05) is 12.2 Å². The Kier molecular flexibility index (Phi) is 9.53. The summed E-state index contributed by atoms with van der Waals surface area (Å²) < 4.78 is 46.3. The molecule has 41 heavy (non-hydrogen) atoms. The van der Waals surface area contributed by atoms with Gasteiger partial charge in [0.15, 0.2) is 6.29 Å². The van der Waals surface area contributed by atoms with Crippen molar-refractivity contribution < 1.29 is 63.4 Å². The molecule has 0 aromatic rings. The normalized spacial score (nSPS) is 44.5. The summed E-state index contributed by atoms with van der Waals surface area (Å²) in [7, 11) is 6.02. The molecule has 13 atom stereocenters. The lowest BCUT2D eigenvalue weighted by molar-refractivity contribution is -0.314. The molecule has 13 nitrogen and oxygen atoms in total. The van der Waals surface area contributed by atoms with Gasteiger partial charge in [-0.2, -0.15) is 0 Å². The number of rotatable bonds is 9. The quantitative estimate of drug-likeness (QED) is 0.213. The van der Waals surface area contributed by atoms with Crippen molar-refractivity contribution in [2.24, 2.45) is 11.8 Å². The van der Waals surface area contributed by atoms with E-state index < -0.39 is 61.7 Å². The van der Waals surface area contributed by atoms with Crippen molar-refractivity contribution in [1.29, 1.82) is 0 Å². The monoisotopic (exact) mass is 584 g/mol. The van der Waals surface area contributed by atoms with Crippen LogP contribution in [0.5, 0.6) is 0 Å². The summed E-state index contributed by atoms with van der Waals surface area (Å²) in [6.07, 6.45) is -3.37. The van der Waals surface area contributed by atoms with Gasteiger partial charge < -0.3 is 63.4 Å². The van der Waals surface area contributed by atoms with Crippen LogP contribution in [0.4, 0.5) is 0 Å². The van der Waals surface area contributed by atoms with Crippen molar-refractivity contribution in [3.63, 3.8) is 0 Å². The van der Waals surface area contributed by atoms with Crippen LogP contribution < -0.4 is 0 Å². The van der Waals surface area contributed by atoms with Crippen LogP contribution in [0.15, 0.2) is 47.0 Å². The third kappa shape index (κ3) is 5.61. The Bertz CT molecular complexity index is 1050. The summed E-state index contributed by atoms with van der Waals surface area (Å²) in [5.74, 6) is 0.855. The second-order valence-electron chi connectivity index (χ2n) is 10.8. The van der Waals surface area contributed by atoms with Crippen molar-refractivity contribution in [2.75, 3.05) is 48.3 Å². The average molecular weight is 585 g/mol. The fraction of sp³-hybridized carbons (Fsp3) is 0.714. The molecule has 230 valence electrons. The summed E-state index contributed by atoms with van der Waals surface area (Å²) in [6.45, 7) is 0.324. The van der Waals surface area contributed by atoms with Crippen LogP contribution in [0.1, 0.15) is 0 Å². The maximum atomic E-state index is 10.5. The van der Waals surface area contributed by atoms with E-state index in [9.17, 15) is 25.5 Å². The minimum atomic E-state index is -1.58. The summed E-state index contributed by atoms with van der Waals surface area (Å²) >= 11 is 0. The van der Waals surface area contributed by atoms with Gasteiger partial charge in [-0.25, -0.2) is 0 Å². The fourth-order valence-electron chi connectivity index (χ4n) is 6.27. The average Bonchev–Trinajstić information content (AvgIpc) is 3.60. The topological polar surface area (TPSA) is 175 Å². The van der Waals surface area contributed by atoms with Crippen molar-refractivity contribution in [2.45, 2.75) is 67.3 Å². The van der Waals surface area contributed by atoms with Gasteiger partial charge in [-0.15, -0.1) is 0 Å². The molecule has 0 unspecified atom stereocenters. The van der Waals surface area contributed by atoms with E-state index in [0.29, 0.717) is 24.7 Å². The zero-order chi connectivity index (χ0) is 29.4. The predicted molar refractivity (Wildman–Crippen MR) is 139 cm³/mol. The van der Waals surface area contributed by atoms with E-state index in [1.54, 1.807) is 12.2 Å². The lowest BCUT2D eigenvalue weighted by Crippen LogP contribution is -2.60. The van der Waals surface area contributed by atoms with Crippen LogP contribution in [-0.4, -0.2) is 141 Å². The lowest BCUT2D eigenvalue weighted by Gasteiger charge is -2.42. The van der Waals surface area contributed by atoms with Crippen LogP contribution >= 0.6 is 0 Å². The predicted octanol–water partition coefficient (Wildman–Crippen LogP) is -1.47. The zero-order valence-electron chi connectivity index (χ0n) is 23.4. The third-order valence-corrected chi connectivity index (χ3v) is 8.58. The summed E-state index contributed by atoms with van der Waals surface area (Å²) in [5, 5.41) is 50.7. The third-order valence-electron chi connectivity index (χ3n) is 8.58. The highest BCUT2D eigenvalue weighted by Crippen LogP contribution is 2.45. The van der Waals surface area contributed by atoms with E-state index in [2.05, 4.69) is 0 Å². The number of ether oxygens (including phenoxy) is 8. The first-order valence-electron chi connectivity index (χ1n) is 13.6. The van der Waals surface area contributed by atoms with Crippen molar-refractivity contribution in [1.82, 2.24) is 0 Å². The summed E-state index contributed by atoms with van der Waals surface area (Å²) in [5.41, 5.74) is 1.68. The maximum Gasteiger partial charge on any atom is 0.187 e. The maximum absolute atomic E-state index is 10.5. The van der Waals surface area contributed by atoms with Gasteiger partial charge in [0.05, 0.1) is 46.2 Å². The minimum Gasteiger partial charge on any atom is -0.498 e. The van der Waals surface area contributed by atoms with Gasteiger partial charge in [0.1, 0.15) is 60.4 Å². The Morgan fingerprint density at radius 1 is 0.756 bits per heavy atom. The fourth-order valence-corrected chi connectivity index (χ4v) is 6.27. The molecule has 5 rings (SSSR count). The molecule has 0 amide bonds. The van der Waals surface area contributed by atoms with Crippen molar-refractivity contribution in [3.8, 4) is 0 Å². The molecular weight excluding hydrogens is 544 g/mol. The highest BCUT2D eigenvalue weighted by molar-refractivity contribution is 5.38. The van der Waals surface area contributed by atoms with E-state index >= 15 is 0 Å². The molecule has 0 radical (unpaired) electrons. The Morgan fingerprint density at radius 3 is 1.85 bits per heavy atom. The Morgan fingerprint density at radius 2 is 1.32 bits per heavy atom. The minimum absolute atomic E-state index is 0.0224. The van der Waals surface area contributed by atoms with Gasteiger partial charge in [0, 0.05) is 26.1 Å². The highest BCUT2D eigenvalue weighted by atomic mass is 16.7.